The van der Waals surface area contributed by atoms with Crippen molar-refractivity contribution >= 4 is 45.7 Å². The van der Waals surface area contributed by atoms with Crippen molar-refractivity contribution < 1.29 is 19.0 Å². The van der Waals surface area contributed by atoms with Crippen molar-refractivity contribution in [3.05, 3.63) is 52.8 Å². The van der Waals surface area contributed by atoms with E-state index in [-0.39, 0.29) is 12.5 Å². The average Bonchev–Trinajstić information content (AvgIpc) is 2.83. The Hall–Kier alpha value is -3.07. The lowest BCUT2D eigenvalue weighted by molar-refractivity contribution is -0.116. The van der Waals surface area contributed by atoms with E-state index in [1.165, 1.54) is 20.3 Å². The monoisotopic (exact) mass is 490 g/mol. The van der Waals surface area contributed by atoms with Gasteiger partial charge in [0.25, 0.3) is 0 Å². The highest BCUT2D eigenvalue weighted by Crippen LogP contribution is 2.46. The van der Waals surface area contributed by atoms with E-state index in [1.54, 1.807) is 19.4 Å². The van der Waals surface area contributed by atoms with E-state index in [0.717, 1.165) is 10.8 Å². The van der Waals surface area contributed by atoms with Crippen molar-refractivity contribution in [1.29, 1.82) is 0 Å². The fourth-order valence-corrected chi connectivity index (χ4v) is 3.88. The van der Waals surface area contributed by atoms with Gasteiger partial charge < -0.3 is 24.8 Å². The summed E-state index contributed by atoms with van der Waals surface area (Å²) in [6.07, 6.45) is 2.92. The van der Waals surface area contributed by atoms with Gasteiger partial charge in [0, 0.05) is 42.3 Å². The maximum absolute atomic E-state index is 11.5. The Bertz CT molecular complexity index is 1160. The van der Waals surface area contributed by atoms with Gasteiger partial charge in [0.15, 0.2) is 0 Å². The van der Waals surface area contributed by atoms with Gasteiger partial charge in [-0.15, -0.1) is 0 Å². The second-order valence-corrected chi connectivity index (χ2v) is 7.63. The normalized spacial score (nSPS) is 10.7. The first-order valence-corrected chi connectivity index (χ1v) is 10.7. The third kappa shape index (κ3) is 5.47. The molecule has 33 heavy (non-hydrogen) atoms. The molecule has 1 amide bonds. The molecular formula is C23H24Cl2N4O4. The Balaban J connectivity index is 2.16. The smallest absolute Gasteiger partial charge is 0.243 e. The van der Waals surface area contributed by atoms with E-state index in [1.807, 2.05) is 12.1 Å². The van der Waals surface area contributed by atoms with Crippen LogP contribution in [0.2, 0.25) is 10.0 Å². The maximum atomic E-state index is 11.5. The molecule has 2 heterocycles. The standard InChI is InChI=1S/C23H24Cl2N4O4/c1-5-19(30)28-12-14-9-15-13(11-27-14)8-16(29-23(15)26-6-7-31-2)20-21(24)17(32-3)10-18(33-4)22(20)25/h5,8-11H,1,6-7,12H2,2-4H3,(H,26,29)(H,28,30). The molecule has 1 aromatic carbocycles. The van der Waals surface area contributed by atoms with E-state index in [4.69, 9.17) is 42.4 Å². The number of hydrogen-bond donors (Lipinski definition) is 2. The van der Waals surface area contributed by atoms with Gasteiger partial charge in [0.1, 0.15) is 17.3 Å². The summed E-state index contributed by atoms with van der Waals surface area (Å²) in [5, 5.41) is 8.24. The number of aromatic nitrogens is 2. The average molecular weight is 491 g/mol. The van der Waals surface area contributed by atoms with E-state index < -0.39 is 0 Å². The number of anilines is 1. The number of carbonyl (C=O) groups is 1. The first kappa shape index (κ1) is 24.6. The van der Waals surface area contributed by atoms with Gasteiger partial charge in [-0.2, -0.15) is 0 Å². The Morgan fingerprint density at radius 2 is 1.82 bits per heavy atom. The zero-order chi connectivity index (χ0) is 24.0. The molecule has 3 rings (SSSR count). The van der Waals surface area contributed by atoms with Crippen molar-refractivity contribution in [3.63, 3.8) is 0 Å². The number of fused-ring (bicyclic) bond motifs is 1. The van der Waals surface area contributed by atoms with Crippen molar-refractivity contribution in [2.45, 2.75) is 6.54 Å². The summed E-state index contributed by atoms with van der Waals surface area (Å²) < 4.78 is 15.9. The first-order valence-electron chi connectivity index (χ1n) is 9.96. The van der Waals surface area contributed by atoms with Crippen LogP contribution in [-0.2, 0) is 16.1 Å². The molecule has 0 bridgehead atoms. The van der Waals surface area contributed by atoms with E-state index in [9.17, 15) is 4.79 Å². The second kappa shape index (κ2) is 11.2. The van der Waals surface area contributed by atoms with Crippen LogP contribution in [0.15, 0.2) is 37.1 Å². The summed E-state index contributed by atoms with van der Waals surface area (Å²) in [6.45, 7) is 4.71. The molecule has 0 aliphatic rings. The van der Waals surface area contributed by atoms with Crippen LogP contribution in [-0.4, -0.2) is 50.4 Å². The maximum Gasteiger partial charge on any atom is 0.243 e. The summed E-state index contributed by atoms with van der Waals surface area (Å²) in [5.74, 6) is 1.14. The quantitative estimate of drug-likeness (QED) is 0.319. The number of halogens is 2. The molecule has 0 aliphatic carbocycles. The number of rotatable bonds is 10. The third-order valence-corrected chi connectivity index (χ3v) is 5.58. The summed E-state index contributed by atoms with van der Waals surface area (Å²) in [5.41, 5.74) is 1.67. The number of pyridine rings is 2. The van der Waals surface area contributed by atoms with Crippen LogP contribution in [0, 0.1) is 0 Å². The summed E-state index contributed by atoms with van der Waals surface area (Å²) >= 11 is 13.2. The number of benzene rings is 1. The number of nitrogens with one attached hydrogen (secondary N) is 2. The molecule has 0 radical (unpaired) electrons. The molecule has 2 aromatic heterocycles. The molecule has 174 valence electrons. The predicted octanol–water partition coefficient (Wildman–Crippen LogP) is 4.48. The number of nitrogens with zero attached hydrogens (tertiary/aromatic N) is 2. The zero-order valence-corrected chi connectivity index (χ0v) is 20.0. The van der Waals surface area contributed by atoms with Gasteiger partial charge in [-0.05, 0) is 18.2 Å². The second-order valence-electron chi connectivity index (χ2n) is 6.88. The fourth-order valence-electron chi connectivity index (χ4n) is 3.18. The van der Waals surface area contributed by atoms with Gasteiger partial charge in [0.05, 0.1) is 48.8 Å². The van der Waals surface area contributed by atoms with Crippen LogP contribution >= 0.6 is 23.2 Å². The Labute approximate surface area is 201 Å². The minimum atomic E-state index is -0.278. The van der Waals surface area contributed by atoms with Gasteiger partial charge in [-0.1, -0.05) is 29.8 Å². The molecule has 0 saturated carbocycles. The lowest BCUT2D eigenvalue weighted by Gasteiger charge is -2.17. The molecule has 10 heteroatoms. The summed E-state index contributed by atoms with van der Waals surface area (Å²) in [4.78, 5) is 20.8. The Kier molecular flexibility index (Phi) is 8.32. The highest BCUT2D eigenvalue weighted by molar-refractivity contribution is 6.41. The van der Waals surface area contributed by atoms with Crippen LogP contribution in [0.1, 0.15) is 5.69 Å². The number of methoxy groups -OCH3 is 3. The fraction of sp³-hybridized carbons (Fsp3) is 0.261. The van der Waals surface area contributed by atoms with Crippen molar-refractivity contribution in [1.82, 2.24) is 15.3 Å². The van der Waals surface area contributed by atoms with Crippen LogP contribution in [0.3, 0.4) is 0 Å². The topological polar surface area (TPSA) is 94.6 Å². The van der Waals surface area contributed by atoms with Crippen LogP contribution < -0.4 is 20.1 Å². The zero-order valence-electron chi connectivity index (χ0n) is 18.5. The molecule has 2 N–H and O–H groups in total. The number of amides is 1. The van der Waals surface area contributed by atoms with Crippen LogP contribution in [0.4, 0.5) is 5.82 Å². The first-order chi connectivity index (χ1) is 15.9. The largest absolute Gasteiger partial charge is 0.495 e. The van der Waals surface area contributed by atoms with Crippen LogP contribution in [0.5, 0.6) is 11.5 Å². The Morgan fingerprint density at radius 3 is 2.42 bits per heavy atom. The van der Waals surface area contributed by atoms with Gasteiger partial charge in [-0.3, -0.25) is 9.78 Å². The lowest BCUT2D eigenvalue weighted by atomic mass is 10.1. The van der Waals surface area contributed by atoms with Crippen molar-refractivity contribution in [2.24, 2.45) is 0 Å². The molecule has 8 nitrogen and oxygen atoms in total. The molecule has 0 fully saturated rings. The molecule has 0 saturated heterocycles. The third-order valence-electron chi connectivity index (χ3n) is 4.83. The highest BCUT2D eigenvalue weighted by Gasteiger charge is 2.21. The summed E-state index contributed by atoms with van der Waals surface area (Å²) in [7, 11) is 4.65. The number of ether oxygens (including phenoxy) is 3. The summed E-state index contributed by atoms with van der Waals surface area (Å²) in [6, 6.07) is 5.32. The molecule has 0 spiro atoms. The predicted molar refractivity (Wildman–Crippen MR) is 131 cm³/mol. The SMILES string of the molecule is C=CC(=O)NCc1cc2c(NCCOC)nc(-c3c(Cl)c(OC)cc(OC)c3Cl)cc2cn1. The van der Waals surface area contributed by atoms with E-state index in [0.29, 0.717) is 57.5 Å². The number of hydrogen-bond acceptors (Lipinski definition) is 7. The highest BCUT2D eigenvalue weighted by atomic mass is 35.5. The minimum absolute atomic E-state index is 0.255. The van der Waals surface area contributed by atoms with Crippen LogP contribution in [0.25, 0.3) is 22.0 Å². The lowest BCUT2D eigenvalue weighted by Crippen LogP contribution is -2.20. The Morgan fingerprint density at radius 1 is 1.12 bits per heavy atom. The van der Waals surface area contributed by atoms with Gasteiger partial charge >= 0.3 is 0 Å². The van der Waals surface area contributed by atoms with E-state index >= 15 is 0 Å². The van der Waals surface area contributed by atoms with Crippen molar-refractivity contribution in [3.8, 4) is 22.8 Å². The molecule has 0 aliphatic heterocycles. The van der Waals surface area contributed by atoms with Gasteiger partial charge in [-0.25, -0.2) is 4.98 Å². The van der Waals surface area contributed by atoms with E-state index in [2.05, 4.69) is 22.2 Å². The molecule has 3 aromatic rings. The van der Waals surface area contributed by atoms with Gasteiger partial charge in [0.2, 0.25) is 5.91 Å². The molecular weight excluding hydrogens is 467 g/mol. The molecule has 0 atom stereocenters. The number of carbonyl (C=O) groups excluding carboxylic acids is 1. The van der Waals surface area contributed by atoms with Crippen molar-refractivity contribution in [2.75, 3.05) is 39.8 Å². The molecule has 0 unspecified atom stereocenters. The minimum Gasteiger partial charge on any atom is -0.495 e.